The van der Waals surface area contributed by atoms with E-state index in [4.69, 9.17) is 0 Å². The van der Waals surface area contributed by atoms with Gasteiger partial charge in [0.05, 0.1) is 0 Å². The maximum atomic E-state index is 12.3. The molecular weight excluding hydrogens is 240 g/mol. The second-order valence-electron chi connectivity index (χ2n) is 5.63. The predicted molar refractivity (Wildman–Crippen MR) is 59.4 cm³/mol. The number of hydrogen-bond donors (Lipinski definition) is 0. The third-order valence-electron chi connectivity index (χ3n) is 4.73. The summed E-state index contributed by atoms with van der Waals surface area (Å²) in [6.45, 7) is 0. The molecule has 4 saturated carbocycles. The van der Waals surface area contributed by atoms with Crippen LogP contribution in [-0.4, -0.2) is 11.1 Å². The maximum Gasteiger partial charge on any atom is 0.142 e. The summed E-state index contributed by atoms with van der Waals surface area (Å²) in [5.74, 6) is 2.87. The van der Waals surface area contributed by atoms with Crippen molar-refractivity contribution in [3.8, 4) is 0 Å². The summed E-state index contributed by atoms with van der Waals surface area (Å²) in [5, 5.41) is 1.00. The zero-order valence-electron chi connectivity index (χ0n) is 8.47. The molecule has 0 aromatic carbocycles. The van der Waals surface area contributed by atoms with Crippen molar-refractivity contribution in [1.29, 1.82) is 0 Å². The van der Waals surface area contributed by atoms with Crippen LogP contribution in [0.1, 0.15) is 38.5 Å². The van der Waals surface area contributed by atoms with Crippen LogP contribution in [0.15, 0.2) is 0 Å². The minimum absolute atomic E-state index is 0.123. The Hall–Kier alpha value is 0.150. The van der Waals surface area contributed by atoms with Crippen LogP contribution in [0.25, 0.3) is 0 Å². The van der Waals surface area contributed by atoms with E-state index in [9.17, 15) is 4.79 Å². The first-order valence-electron chi connectivity index (χ1n) is 5.84. The van der Waals surface area contributed by atoms with Crippen LogP contribution in [-0.2, 0) is 4.79 Å². The molecule has 0 aromatic rings. The van der Waals surface area contributed by atoms with E-state index in [1.807, 2.05) is 0 Å². The molecule has 0 N–H and O–H groups in total. The van der Waals surface area contributed by atoms with Gasteiger partial charge in [0.15, 0.2) is 0 Å². The van der Waals surface area contributed by atoms with Crippen LogP contribution >= 0.6 is 15.9 Å². The summed E-state index contributed by atoms with van der Waals surface area (Å²) in [7, 11) is 0. The Morgan fingerprint density at radius 1 is 1.21 bits per heavy atom. The molecule has 4 fully saturated rings. The van der Waals surface area contributed by atoms with Crippen molar-refractivity contribution in [2.75, 3.05) is 5.33 Å². The number of halogens is 1. The lowest BCUT2D eigenvalue weighted by atomic mass is 9.48. The normalized spacial score (nSPS) is 50.1. The number of alkyl halides is 1. The lowest BCUT2D eigenvalue weighted by Crippen LogP contribution is -2.53. The van der Waals surface area contributed by atoms with Crippen molar-refractivity contribution in [2.24, 2.45) is 23.2 Å². The standard InChI is InChI=1S/C12H17BrO/c13-2-1-12-6-8-3-9(7-12)5-10(4-8)11(12)14/h8-10H,1-7H2. The molecule has 2 unspecified atom stereocenters. The number of hydrogen-bond acceptors (Lipinski definition) is 1. The molecule has 2 heteroatoms. The molecule has 0 aromatic heterocycles. The van der Waals surface area contributed by atoms with E-state index in [1.165, 1.54) is 32.1 Å². The number of carbonyl (C=O) groups excluding carboxylic acids is 1. The topological polar surface area (TPSA) is 17.1 Å². The SMILES string of the molecule is O=C1C2CC3CC(C2)CC1(CCBr)C3. The second-order valence-corrected chi connectivity index (χ2v) is 6.42. The molecule has 4 rings (SSSR count). The van der Waals surface area contributed by atoms with Crippen LogP contribution in [0.4, 0.5) is 0 Å². The first kappa shape index (κ1) is 9.38. The van der Waals surface area contributed by atoms with Gasteiger partial charge in [-0.1, -0.05) is 15.9 Å². The van der Waals surface area contributed by atoms with E-state index in [2.05, 4.69) is 15.9 Å². The van der Waals surface area contributed by atoms with Crippen molar-refractivity contribution < 1.29 is 4.79 Å². The van der Waals surface area contributed by atoms with Crippen molar-refractivity contribution >= 4 is 21.7 Å². The Bertz CT molecular complexity index is 259. The lowest BCUT2D eigenvalue weighted by molar-refractivity contribution is -0.152. The van der Waals surface area contributed by atoms with Gasteiger partial charge in [0, 0.05) is 16.7 Å². The van der Waals surface area contributed by atoms with Gasteiger partial charge in [-0.25, -0.2) is 0 Å². The second kappa shape index (κ2) is 3.07. The summed E-state index contributed by atoms with van der Waals surface area (Å²) < 4.78 is 0. The van der Waals surface area contributed by atoms with Crippen molar-refractivity contribution in [1.82, 2.24) is 0 Å². The van der Waals surface area contributed by atoms with Gasteiger partial charge in [-0.05, 0) is 50.4 Å². The summed E-state index contributed by atoms with van der Waals surface area (Å²) in [6.07, 6.45) is 7.39. The Labute approximate surface area is 93.8 Å². The zero-order valence-corrected chi connectivity index (χ0v) is 10.1. The van der Waals surface area contributed by atoms with Gasteiger partial charge in [-0.2, -0.15) is 0 Å². The fourth-order valence-electron chi connectivity index (χ4n) is 4.44. The van der Waals surface area contributed by atoms with Gasteiger partial charge in [0.1, 0.15) is 5.78 Å². The highest BCUT2D eigenvalue weighted by Gasteiger charge is 2.55. The molecule has 14 heavy (non-hydrogen) atoms. The van der Waals surface area contributed by atoms with Crippen molar-refractivity contribution in [3.05, 3.63) is 0 Å². The van der Waals surface area contributed by atoms with Gasteiger partial charge in [0.2, 0.25) is 0 Å². The van der Waals surface area contributed by atoms with Crippen LogP contribution in [0.3, 0.4) is 0 Å². The molecule has 4 bridgehead atoms. The first-order chi connectivity index (χ1) is 6.73. The monoisotopic (exact) mass is 256 g/mol. The molecule has 4 aliphatic rings. The average Bonchev–Trinajstić information content (AvgIpc) is 2.13. The highest BCUT2D eigenvalue weighted by atomic mass is 79.9. The third kappa shape index (κ3) is 1.16. The van der Waals surface area contributed by atoms with Crippen LogP contribution < -0.4 is 0 Å². The largest absolute Gasteiger partial charge is 0.299 e. The van der Waals surface area contributed by atoms with E-state index in [0.717, 1.165) is 23.6 Å². The molecular formula is C12H17BrO. The smallest absolute Gasteiger partial charge is 0.142 e. The summed E-state index contributed by atoms with van der Waals surface area (Å²) >= 11 is 3.52. The molecule has 4 aliphatic carbocycles. The van der Waals surface area contributed by atoms with Crippen LogP contribution in [0, 0.1) is 23.2 Å². The van der Waals surface area contributed by atoms with Crippen molar-refractivity contribution in [3.63, 3.8) is 0 Å². The number of ketones is 1. The molecule has 0 radical (unpaired) electrons. The Balaban J connectivity index is 1.93. The maximum absolute atomic E-state index is 12.3. The van der Waals surface area contributed by atoms with Crippen LogP contribution in [0.2, 0.25) is 0 Å². The molecule has 2 atom stereocenters. The van der Waals surface area contributed by atoms with Gasteiger partial charge < -0.3 is 0 Å². The summed E-state index contributed by atoms with van der Waals surface area (Å²) in [5.41, 5.74) is 0.123. The minimum atomic E-state index is 0.123. The molecule has 0 aliphatic heterocycles. The fraction of sp³-hybridized carbons (Fsp3) is 0.917. The van der Waals surface area contributed by atoms with E-state index in [-0.39, 0.29) is 5.41 Å². The number of carbonyl (C=O) groups is 1. The predicted octanol–water partition coefficient (Wildman–Crippen LogP) is 3.17. The quantitative estimate of drug-likeness (QED) is 0.694. The van der Waals surface area contributed by atoms with Gasteiger partial charge in [0.25, 0.3) is 0 Å². The van der Waals surface area contributed by atoms with Crippen LogP contribution in [0.5, 0.6) is 0 Å². The number of rotatable bonds is 2. The molecule has 78 valence electrons. The Morgan fingerprint density at radius 2 is 1.86 bits per heavy atom. The van der Waals surface area contributed by atoms with Crippen molar-refractivity contribution in [2.45, 2.75) is 38.5 Å². The fourth-order valence-corrected chi connectivity index (χ4v) is 5.20. The van der Waals surface area contributed by atoms with Gasteiger partial charge in [-0.15, -0.1) is 0 Å². The van der Waals surface area contributed by atoms with Gasteiger partial charge >= 0.3 is 0 Å². The molecule has 0 heterocycles. The van der Waals surface area contributed by atoms with E-state index >= 15 is 0 Å². The summed E-state index contributed by atoms with van der Waals surface area (Å²) in [4.78, 5) is 12.3. The first-order valence-corrected chi connectivity index (χ1v) is 6.96. The number of Topliss-reactive ketones (excluding diaryl/α,β-unsaturated/α-hetero) is 1. The third-order valence-corrected chi connectivity index (χ3v) is 5.12. The lowest BCUT2D eigenvalue weighted by Gasteiger charge is -2.55. The van der Waals surface area contributed by atoms with E-state index in [1.54, 1.807) is 0 Å². The highest BCUT2D eigenvalue weighted by molar-refractivity contribution is 9.09. The molecule has 0 saturated heterocycles. The van der Waals surface area contributed by atoms with E-state index < -0.39 is 0 Å². The average molecular weight is 257 g/mol. The summed E-state index contributed by atoms with van der Waals surface area (Å²) in [6, 6.07) is 0. The Kier molecular flexibility index (Phi) is 2.06. The Morgan fingerprint density at radius 3 is 2.43 bits per heavy atom. The molecule has 0 spiro atoms. The van der Waals surface area contributed by atoms with Gasteiger partial charge in [-0.3, -0.25) is 4.79 Å². The van der Waals surface area contributed by atoms with E-state index in [0.29, 0.717) is 11.7 Å². The molecule has 0 amide bonds. The highest BCUT2D eigenvalue weighted by Crippen LogP contribution is 2.59. The minimum Gasteiger partial charge on any atom is -0.299 e. The molecule has 1 nitrogen and oxygen atoms in total. The zero-order chi connectivity index (χ0) is 9.76.